The normalized spacial score (nSPS) is 11.1. The molecule has 1 amide bonds. The van der Waals surface area contributed by atoms with Gasteiger partial charge in [0.15, 0.2) is 6.61 Å². The van der Waals surface area contributed by atoms with Crippen molar-refractivity contribution in [2.24, 2.45) is 0 Å². The Bertz CT molecular complexity index is 716. The number of ether oxygens (including phenoxy) is 2. The van der Waals surface area contributed by atoms with E-state index in [4.69, 9.17) is 4.74 Å². The van der Waals surface area contributed by atoms with Crippen LogP contribution in [0, 0.1) is 6.92 Å². The lowest BCUT2D eigenvalue weighted by Crippen LogP contribution is -2.31. The fraction of sp³-hybridized carbons (Fsp3) is 0.333. The lowest BCUT2D eigenvalue weighted by Gasteiger charge is -2.17. The molecule has 1 aromatic carbocycles. The second kappa shape index (κ2) is 8.55. The maximum atomic E-state index is 12.3. The molecule has 1 aromatic heterocycles. The zero-order chi connectivity index (χ0) is 19.2. The number of carbonyl (C=O) groups is 1. The molecule has 0 spiro atoms. The number of benzene rings is 1. The Morgan fingerprint density at radius 1 is 1.12 bits per heavy atom. The standard InChI is InChI=1S/C18H19F3N2O3/c1-13-3-6-15(7-4-13)25-10-9-23(2)17(24)14-5-8-16(22-11-14)26-12-18(19,20)21/h3-8,11H,9-10,12H2,1-2H3. The van der Waals surface area contributed by atoms with E-state index in [9.17, 15) is 18.0 Å². The van der Waals surface area contributed by atoms with Crippen molar-refractivity contribution in [1.82, 2.24) is 9.88 Å². The number of carbonyl (C=O) groups excluding carboxylic acids is 1. The van der Waals surface area contributed by atoms with Crippen LogP contribution in [-0.4, -0.2) is 48.8 Å². The number of rotatable bonds is 7. The van der Waals surface area contributed by atoms with Crippen LogP contribution in [0.15, 0.2) is 42.6 Å². The molecule has 0 N–H and O–H groups in total. The molecule has 0 fully saturated rings. The molecule has 0 radical (unpaired) electrons. The highest BCUT2D eigenvalue weighted by atomic mass is 19.4. The van der Waals surface area contributed by atoms with Gasteiger partial charge >= 0.3 is 6.18 Å². The van der Waals surface area contributed by atoms with Crippen molar-refractivity contribution in [3.63, 3.8) is 0 Å². The molecular weight excluding hydrogens is 349 g/mol. The fourth-order valence-electron chi connectivity index (χ4n) is 2.00. The molecule has 1 heterocycles. The lowest BCUT2D eigenvalue weighted by molar-refractivity contribution is -0.154. The molecule has 2 rings (SSSR count). The first kappa shape index (κ1) is 19.6. The SMILES string of the molecule is Cc1ccc(OCCN(C)C(=O)c2ccc(OCC(F)(F)F)nc2)cc1. The summed E-state index contributed by atoms with van der Waals surface area (Å²) in [4.78, 5) is 17.4. The molecule has 0 saturated carbocycles. The second-order valence-electron chi connectivity index (χ2n) is 5.68. The van der Waals surface area contributed by atoms with Crippen LogP contribution in [-0.2, 0) is 0 Å². The number of aromatic nitrogens is 1. The summed E-state index contributed by atoms with van der Waals surface area (Å²) >= 11 is 0. The predicted molar refractivity (Wildman–Crippen MR) is 89.4 cm³/mol. The average molecular weight is 368 g/mol. The van der Waals surface area contributed by atoms with Crippen LogP contribution in [0.25, 0.3) is 0 Å². The van der Waals surface area contributed by atoms with Crippen LogP contribution < -0.4 is 9.47 Å². The highest BCUT2D eigenvalue weighted by molar-refractivity contribution is 5.93. The number of halogens is 3. The molecule has 0 saturated heterocycles. The Morgan fingerprint density at radius 2 is 1.81 bits per heavy atom. The van der Waals surface area contributed by atoms with E-state index >= 15 is 0 Å². The maximum Gasteiger partial charge on any atom is 0.422 e. The van der Waals surface area contributed by atoms with Gasteiger partial charge in [-0.05, 0) is 25.1 Å². The largest absolute Gasteiger partial charge is 0.492 e. The first-order valence-corrected chi connectivity index (χ1v) is 7.85. The molecule has 5 nitrogen and oxygen atoms in total. The average Bonchev–Trinajstić information content (AvgIpc) is 2.61. The first-order valence-electron chi connectivity index (χ1n) is 7.85. The third kappa shape index (κ3) is 6.27. The van der Waals surface area contributed by atoms with E-state index < -0.39 is 12.8 Å². The van der Waals surface area contributed by atoms with E-state index in [0.29, 0.717) is 18.9 Å². The number of nitrogens with zero attached hydrogens (tertiary/aromatic N) is 2. The van der Waals surface area contributed by atoms with Crippen molar-refractivity contribution in [1.29, 1.82) is 0 Å². The van der Waals surface area contributed by atoms with Crippen molar-refractivity contribution in [2.45, 2.75) is 13.1 Å². The van der Waals surface area contributed by atoms with E-state index in [1.54, 1.807) is 7.05 Å². The number of aryl methyl sites for hydroxylation is 1. The Kier molecular flexibility index (Phi) is 6.43. The summed E-state index contributed by atoms with van der Waals surface area (Å²) in [5, 5.41) is 0. The second-order valence-corrected chi connectivity index (χ2v) is 5.68. The number of alkyl halides is 3. The van der Waals surface area contributed by atoms with Gasteiger partial charge in [0.05, 0.1) is 12.1 Å². The minimum absolute atomic E-state index is 0.191. The molecule has 26 heavy (non-hydrogen) atoms. The van der Waals surface area contributed by atoms with E-state index in [1.807, 2.05) is 31.2 Å². The molecule has 0 aliphatic rings. The molecule has 0 bridgehead atoms. The summed E-state index contributed by atoms with van der Waals surface area (Å²) in [5.41, 5.74) is 1.38. The number of hydrogen-bond donors (Lipinski definition) is 0. The van der Waals surface area contributed by atoms with Crippen LogP contribution in [0.1, 0.15) is 15.9 Å². The van der Waals surface area contributed by atoms with E-state index in [-0.39, 0.29) is 17.4 Å². The van der Waals surface area contributed by atoms with Gasteiger partial charge in [0.2, 0.25) is 5.88 Å². The zero-order valence-electron chi connectivity index (χ0n) is 14.4. The molecule has 8 heteroatoms. The smallest absolute Gasteiger partial charge is 0.422 e. The minimum Gasteiger partial charge on any atom is -0.492 e. The van der Waals surface area contributed by atoms with Crippen LogP contribution in [0.4, 0.5) is 13.2 Å². The summed E-state index contributed by atoms with van der Waals surface area (Å²) in [6.07, 6.45) is -3.25. The summed E-state index contributed by atoms with van der Waals surface area (Å²) in [6.45, 7) is 1.21. The predicted octanol–water partition coefficient (Wildman–Crippen LogP) is 3.48. The van der Waals surface area contributed by atoms with Crippen molar-refractivity contribution in [3.8, 4) is 11.6 Å². The van der Waals surface area contributed by atoms with Gasteiger partial charge in [-0.25, -0.2) is 4.98 Å². The lowest BCUT2D eigenvalue weighted by atomic mass is 10.2. The van der Waals surface area contributed by atoms with Gasteiger partial charge in [-0.1, -0.05) is 17.7 Å². The summed E-state index contributed by atoms with van der Waals surface area (Å²) in [5.74, 6) is 0.209. The highest BCUT2D eigenvalue weighted by Crippen LogP contribution is 2.17. The topological polar surface area (TPSA) is 51.7 Å². The number of amides is 1. The molecular formula is C18H19F3N2O3. The highest BCUT2D eigenvalue weighted by Gasteiger charge is 2.28. The van der Waals surface area contributed by atoms with Crippen molar-refractivity contribution >= 4 is 5.91 Å². The first-order chi connectivity index (χ1) is 12.2. The van der Waals surface area contributed by atoms with Crippen LogP contribution >= 0.6 is 0 Å². The summed E-state index contributed by atoms with van der Waals surface area (Å²) < 4.78 is 46.3. The van der Waals surface area contributed by atoms with Crippen LogP contribution in [0.2, 0.25) is 0 Å². The molecule has 0 atom stereocenters. The van der Waals surface area contributed by atoms with E-state index in [2.05, 4.69) is 9.72 Å². The van der Waals surface area contributed by atoms with Crippen LogP contribution in [0.5, 0.6) is 11.6 Å². The third-order valence-corrected chi connectivity index (χ3v) is 3.43. The Balaban J connectivity index is 1.82. The van der Waals surface area contributed by atoms with Gasteiger partial charge in [-0.15, -0.1) is 0 Å². The van der Waals surface area contributed by atoms with Gasteiger partial charge in [0.25, 0.3) is 5.91 Å². The molecule has 0 aliphatic heterocycles. The van der Waals surface area contributed by atoms with Gasteiger partial charge in [0.1, 0.15) is 12.4 Å². The minimum atomic E-state index is -4.44. The van der Waals surface area contributed by atoms with Crippen LogP contribution in [0.3, 0.4) is 0 Å². The molecule has 0 aliphatic carbocycles. The van der Waals surface area contributed by atoms with E-state index in [0.717, 1.165) is 5.56 Å². The fourth-order valence-corrected chi connectivity index (χ4v) is 2.00. The van der Waals surface area contributed by atoms with Gasteiger partial charge in [0, 0.05) is 19.3 Å². The van der Waals surface area contributed by atoms with Crippen molar-refractivity contribution in [3.05, 3.63) is 53.7 Å². The monoisotopic (exact) mass is 368 g/mol. The van der Waals surface area contributed by atoms with Crippen molar-refractivity contribution < 1.29 is 27.4 Å². The third-order valence-electron chi connectivity index (χ3n) is 3.43. The Hall–Kier alpha value is -2.77. The summed E-state index contributed by atoms with van der Waals surface area (Å²) in [7, 11) is 1.61. The zero-order valence-corrected chi connectivity index (χ0v) is 14.4. The Morgan fingerprint density at radius 3 is 2.38 bits per heavy atom. The summed E-state index contributed by atoms with van der Waals surface area (Å²) in [6, 6.07) is 10.2. The number of hydrogen-bond acceptors (Lipinski definition) is 4. The van der Waals surface area contributed by atoms with Gasteiger partial charge in [-0.3, -0.25) is 4.79 Å². The quantitative estimate of drug-likeness (QED) is 0.751. The van der Waals surface area contributed by atoms with Gasteiger partial charge in [-0.2, -0.15) is 13.2 Å². The van der Waals surface area contributed by atoms with Crippen molar-refractivity contribution in [2.75, 3.05) is 26.8 Å². The van der Waals surface area contributed by atoms with Gasteiger partial charge < -0.3 is 14.4 Å². The Labute approximate surface area is 149 Å². The molecule has 0 unspecified atom stereocenters. The number of pyridine rings is 1. The maximum absolute atomic E-state index is 12.3. The number of likely N-dealkylation sites (N-methyl/N-ethyl adjacent to an activating group) is 1. The van der Waals surface area contributed by atoms with E-state index in [1.165, 1.54) is 23.2 Å². The molecule has 140 valence electrons. The molecule has 2 aromatic rings.